The van der Waals surface area contributed by atoms with Crippen molar-refractivity contribution in [2.45, 2.75) is 39.2 Å². The van der Waals surface area contributed by atoms with E-state index in [0.29, 0.717) is 10.8 Å². The number of rotatable bonds is 6. The van der Waals surface area contributed by atoms with E-state index in [-0.39, 0.29) is 11.9 Å². The lowest BCUT2D eigenvalue weighted by Crippen LogP contribution is -2.34. The fourth-order valence-corrected chi connectivity index (χ4v) is 2.29. The van der Waals surface area contributed by atoms with Crippen LogP contribution in [-0.2, 0) is 6.42 Å². The highest BCUT2D eigenvalue weighted by atomic mass is 35.5. The highest BCUT2D eigenvalue weighted by Crippen LogP contribution is 2.12. The van der Waals surface area contributed by atoms with Gasteiger partial charge in [-0.25, -0.2) is 0 Å². The standard InChI is InChI=1S/C10H16ClN3OS/c1-3-7(5-6-11)12-10(15)9-8(4-2)13-14-16-9/h7H,3-6H2,1-2H3,(H,12,15). The van der Waals surface area contributed by atoms with Gasteiger partial charge in [0.15, 0.2) is 0 Å². The number of alkyl halides is 1. The van der Waals surface area contributed by atoms with Crippen molar-refractivity contribution in [2.24, 2.45) is 0 Å². The predicted octanol–water partition coefficient (Wildman–Crippen LogP) is 2.24. The minimum atomic E-state index is -0.0798. The molecular weight excluding hydrogens is 246 g/mol. The second kappa shape index (κ2) is 6.81. The van der Waals surface area contributed by atoms with E-state index in [0.717, 1.165) is 36.5 Å². The molecule has 0 fully saturated rings. The lowest BCUT2D eigenvalue weighted by atomic mass is 10.1. The van der Waals surface area contributed by atoms with E-state index in [1.165, 1.54) is 0 Å². The van der Waals surface area contributed by atoms with E-state index in [1.807, 2.05) is 13.8 Å². The van der Waals surface area contributed by atoms with Crippen LogP contribution in [-0.4, -0.2) is 27.4 Å². The fraction of sp³-hybridized carbons (Fsp3) is 0.700. The third kappa shape index (κ3) is 3.42. The largest absolute Gasteiger partial charge is 0.348 e. The van der Waals surface area contributed by atoms with E-state index >= 15 is 0 Å². The molecule has 4 nitrogen and oxygen atoms in total. The van der Waals surface area contributed by atoms with E-state index in [2.05, 4.69) is 14.9 Å². The van der Waals surface area contributed by atoms with Gasteiger partial charge in [-0.15, -0.1) is 16.7 Å². The first-order chi connectivity index (χ1) is 7.72. The molecule has 0 radical (unpaired) electrons. The number of carbonyl (C=O) groups is 1. The Morgan fingerprint density at radius 1 is 1.56 bits per heavy atom. The smallest absolute Gasteiger partial charge is 0.265 e. The van der Waals surface area contributed by atoms with Gasteiger partial charge in [0.1, 0.15) is 4.88 Å². The molecule has 6 heteroatoms. The van der Waals surface area contributed by atoms with Crippen LogP contribution < -0.4 is 5.32 Å². The van der Waals surface area contributed by atoms with Crippen LogP contribution in [0, 0.1) is 0 Å². The van der Waals surface area contributed by atoms with Crippen LogP contribution in [0.5, 0.6) is 0 Å². The molecule has 1 amide bonds. The molecule has 1 unspecified atom stereocenters. The normalized spacial score (nSPS) is 12.4. The number of hydrogen-bond acceptors (Lipinski definition) is 4. The summed E-state index contributed by atoms with van der Waals surface area (Å²) in [7, 11) is 0. The molecule has 1 N–H and O–H groups in total. The maximum absolute atomic E-state index is 11.9. The van der Waals surface area contributed by atoms with Crippen molar-refractivity contribution >= 4 is 29.0 Å². The Morgan fingerprint density at radius 2 is 2.31 bits per heavy atom. The topological polar surface area (TPSA) is 54.9 Å². The van der Waals surface area contributed by atoms with Crippen LogP contribution in [0.4, 0.5) is 0 Å². The molecule has 0 saturated heterocycles. The third-order valence-electron chi connectivity index (χ3n) is 2.38. The van der Waals surface area contributed by atoms with Gasteiger partial charge in [-0.1, -0.05) is 18.3 Å². The van der Waals surface area contributed by atoms with Gasteiger partial charge in [-0.2, -0.15) is 0 Å². The van der Waals surface area contributed by atoms with Crippen molar-refractivity contribution in [1.29, 1.82) is 0 Å². The first-order valence-electron chi connectivity index (χ1n) is 5.40. The van der Waals surface area contributed by atoms with Gasteiger partial charge in [0.2, 0.25) is 0 Å². The Labute approximate surface area is 105 Å². The summed E-state index contributed by atoms with van der Waals surface area (Å²) in [6, 6.07) is 0.136. The predicted molar refractivity (Wildman–Crippen MR) is 66.2 cm³/mol. The Balaban J connectivity index is 2.64. The number of aryl methyl sites for hydroxylation is 1. The van der Waals surface area contributed by atoms with Gasteiger partial charge in [0.25, 0.3) is 5.91 Å². The van der Waals surface area contributed by atoms with Crippen molar-refractivity contribution in [3.05, 3.63) is 10.6 Å². The Hall–Kier alpha value is -0.680. The van der Waals surface area contributed by atoms with Crippen LogP contribution in [0.15, 0.2) is 0 Å². The number of aromatic nitrogens is 2. The average Bonchev–Trinajstić information content (AvgIpc) is 2.76. The molecule has 1 aromatic heterocycles. The van der Waals surface area contributed by atoms with E-state index in [9.17, 15) is 4.79 Å². The number of nitrogens with one attached hydrogen (secondary N) is 1. The van der Waals surface area contributed by atoms with Crippen LogP contribution in [0.25, 0.3) is 0 Å². The van der Waals surface area contributed by atoms with Crippen molar-refractivity contribution in [3.63, 3.8) is 0 Å². The summed E-state index contributed by atoms with van der Waals surface area (Å²) in [6.07, 6.45) is 2.40. The Bertz CT molecular complexity index is 343. The van der Waals surface area contributed by atoms with Gasteiger partial charge in [-0.05, 0) is 30.8 Å². The molecule has 1 rings (SSSR count). The summed E-state index contributed by atoms with van der Waals surface area (Å²) in [6.45, 7) is 3.99. The zero-order chi connectivity index (χ0) is 12.0. The molecule has 0 bridgehead atoms. The molecule has 0 aliphatic rings. The quantitative estimate of drug-likeness (QED) is 0.799. The number of amides is 1. The number of hydrogen-bond donors (Lipinski definition) is 1. The monoisotopic (exact) mass is 261 g/mol. The van der Waals surface area contributed by atoms with Crippen molar-refractivity contribution < 1.29 is 4.79 Å². The van der Waals surface area contributed by atoms with Crippen molar-refractivity contribution in [1.82, 2.24) is 14.9 Å². The number of nitrogens with zero attached hydrogens (tertiary/aromatic N) is 2. The number of carbonyl (C=O) groups excluding carboxylic acids is 1. The van der Waals surface area contributed by atoms with Crippen LogP contribution in [0.2, 0.25) is 0 Å². The van der Waals surface area contributed by atoms with Crippen LogP contribution in [0.3, 0.4) is 0 Å². The first kappa shape index (κ1) is 13.4. The Morgan fingerprint density at radius 3 is 2.88 bits per heavy atom. The molecule has 1 heterocycles. The zero-order valence-corrected chi connectivity index (χ0v) is 11.1. The summed E-state index contributed by atoms with van der Waals surface area (Å²) in [4.78, 5) is 12.5. The van der Waals surface area contributed by atoms with Gasteiger partial charge < -0.3 is 5.32 Å². The Kier molecular flexibility index (Phi) is 5.69. The first-order valence-corrected chi connectivity index (χ1v) is 6.71. The summed E-state index contributed by atoms with van der Waals surface area (Å²) < 4.78 is 3.80. The zero-order valence-electron chi connectivity index (χ0n) is 9.49. The molecule has 1 atom stereocenters. The van der Waals surface area contributed by atoms with Crippen molar-refractivity contribution in [2.75, 3.05) is 5.88 Å². The lowest BCUT2D eigenvalue weighted by molar-refractivity contribution is 0.0938. The second-order valence-electron chi connectivity index (χ2n) is 3.46. The van der Waals surface area contributed by atoms with Crippen LogP contribution in [0.1, 0.15) is 42.1 Å². The van der Waals surface area contributed by atoms with Crippen molar-refractivity contribution in [3.8, 4) is 0 Å². The summed E-state index contributed by atoms with van der Waals surface area (Å²) in [5, 5.41) is 6.87. The fourth-order valence-electron chi connectivity index (χ4n) is 1.37. The highest BCUT2D eigenvalue weighted by Gasteiger charge is 2.17. The minimum absolute atomic E-state index is 0.0798. The molecule has 0 aromatic carbocycles. The molecular formula is C10H16ClN3OS. The van der Waals surface area contributed by atoms with Crippen LogP contribution >= 0.6 is 23.1 Å². The second-order valence-corrected chi connectivity index (χ2v) is 4.59. The SMILES string of the molecule is CCc1nnsc1C(=O)NC(CC)CCCl. The van der Waals surface area contributed by atoms with Gasteiger partial charge in [0.05, 0.1) is 5.69 Å². The maximum Gasteiger partial charge on any atom is 0.265 e. The third-order valence-corrected chi connectivity index (χ3v) is 3.37. The average molecular weight is 262 g/mol. The van der Waals surface area contributed by atoms with E-state index in [4.69, 9.17) is 11.6 Å². The van der Waals surface area contributed by atoms with E-state index in [1.54, 1.807) is 0 Å². The summed E-state index contributed by atoms with van der Waals surface area (Å²) in [5.41, 5.74) is 0.767. The summed E-state index contributed by atoms with van der Waals surface area (Å²) in [5.74, 6) is 0.476. The summed E-state index contributed by atoms with van der Waals surface area (Å²) >= 11 is 6.82. The van der Waals surface area contributed by atoms with Gasteiger partial charge in [-0.3, -0.25) is 4.79 Å². The van der Waals surface area contributed by atoms with Gasteiger partial charge in [0, 0.05) is 11.9 Å². The van der Waals surface area contributed by atoms with Gasteiger partial charge >= 0.3 is 0 Å². The maximum atomic E-state index is 11.9. The van der Waals surface area contributed by atoms with E-state index < -0.39 is 0 Å². The highest BCUT2D eigenvalue weighted by molar-refractivity contribution is 7.08. The molecule has 1 aromatic rings. The molecule has 0 saturated carbocycles. The number of halogens is 1. The molecule has 90 valence electrons. The lowest BCUT2D eigenvalue weighted by Gasteiger charge is -2.14. The molecule has 16 heavy (non-hydrogen) atoms. The molecule has 0 spiro atoms. The molecule has 0 aliphatic carbocycles. The molecule has 0 aliphatic heterocycles. The minimum Gasteiger partial charge on any atom is -0.348 e.